The van der Waals surface area contributed by atoms with E-state index in [0.717, 1.165) is 0 Å². The first-order valence-electron chi connectivity index (χ1n) is 6.12. The van der Waals surface area contributed by atoms with E-state index in [1.165, 1.54) is 35.2 Å². The van der Waals surface area contributed by atoms with Gasteiger partial charge in [-0.15, -0.1) is 0 Å². The number of hydrogen-bond donors (Lipinski definition) is 1. The standard InChI is InChI=1S/C12H20N2O4S2/c1-5-9(8-19-4)14(3)20(17,18)10-6-11(12(15)16)13(2)7-10/h6-7,9H,5,8H2,1-4H3,(H,15,16). The lowest BCUT2D eigenvalue weighted by Gasteiger charge is -2.25. The summed E-state index contributed by atoms with van der Waals surface area (Å²) in [6, 6.07) is 1.09. The Hall–Kier alpha value is -0.990. The van der Waals surface area contributed by atoms with Crippen LogP contribution in [0.2, 0.25) is 0 Å². The molecule has 0 aliphatic heterocycles. The molecular formula is C12H20N2O4S2. The number of carboxylic acid groups (broad SMARTS) is 1. The predicted octanol–water partition coefficient (Wildman–Crippen LogP) is 1.49. The van der Waals surface area contributed by atoms with Crippen LogP contribution in [-0.4, -0.2) is 53.5 Å². The first-order valence-corrected chi connectivity index (χ1v) is 8.95. The van der Waals surface area contributed by atoms with Gasteiger partial charge >= 0.3 is 5.97 Å². The Morgan fingerprint density at radius 3 is 2.55 bits per heavy atom. The van der Waals surface area contributed by atoms with Gasteiger partial charge in [0.1, 0.15) is 10.6 Å². The van der Waals surface area contributed by atoms with Gasteiger partial charge in [0.2, 0.25) is 10.0 Å². The van der Waals surface area contributed by atoms with Crippen molar-refractivity contribution >= 4 is 27.8 Å². The van der Waals surface area contributed by atoms with Crippen LogP contribution in [0.5, 0.6) is 0 Å². The van der Waals surface area contributed by atoms with Crippen LogP contribution in [0.3, 0.4) is 0 Å². The van der Waals surface area contributed by atoms with Crippen molar-refractivity contribution in [3.05, 3.63) is 18.0 Å². The van der Waals surface area contributed by atoms with Gasteiger partial charge in [-0.25, -0.2) is 13.2 Å². The lowest BCUT2D eigenvalue weighted by atomic mass is 10.3. The highest BCUT2D eigenvalue weighted by Gasteiger charge is 2.29. The van der Waals surface area contributed by atoms with Gasteiger partial charge in [-0.05, 0) is 18.7 Å². The van der Waals surface area contributed by atoms with Crippen molar-refractivity contribution in [1.82, 2.24) is 8.87 Å². The second-order valence-corrected chi connectivity index (χ2v) is 7.42. The zero-order valence-electron chi connectivity index (χ0n) is 12.0. The molecule has 0 saturated heterocycles. The number of carbonyl (C=O) groups is 1. The number of nitrogens with zero attached hydrogens (tertiary/aromatic N) is 2. The molecule has 0 aliphatic carbocycles. The molecule has 0 fully saturated rings. The zero-order valence-corrected chi connectivity index (χ0v) is 13.7. The average Bonchev–Trinajstić information content (AvgIpc) is 2.78. The van der Waals surface area contributed by atoms with Crippen molar-refractivity contribution in [3.8, 4) is 0 Å². The molecule has 20 heavy (non-hydrogen) atoms. The zero-order chi connectivity index (χ0) is 15.5. The summed E-state index contributed by atoms with van der Waals surface area (Å²) in [6.07, 6.45) is 3.96. The van der Waals surface area contributed by atoms with Gasteiger partial charge in [0.15, 0.2) is 0 Å². The van der Waals surface area contributed by atoms with Crippen LogP contribution < -0.4 is 0 Å². The Labute approximate surface area is 123 Å². The van der Waals surface area contributed by atoms with Crippen LogP contribution >= 0.6 is 11.8 Å². The Balaban J connectivity index is 3.16. The summed E-state index contributed by atoms with van der Waals surface area (Å²) >= 11 is 1.58. The van der Waals surface area contributed by atoms with Gasteiger partial charge in [0, 0.05) is 32.1 Å². The topological polar surface area (TPSA) is 79.6 Å². The fourth-order valence-corrected chi connectivity index (χ4v) is 4.36. The fraction of sp³-hybridized carbons (Fsp3) is 0.583. The van der Waals surface area contributed by atoms with E-state index in [0.29, 0.717) is 12.2 Å². The van der Waals surface area contributed by atoms with Crippen molar-refractivity contribution in [1.29, 1.82) is 0 Å². The lowest BCUT2D eigenvalue weighted by molar-refractivity contribution is 0.0686. The third-order valence-corrected chi connectivity index (χ3v) is 5.81. The van der Waals surface area contributed by atoms with Crippen LogP contribution in [-0.2, 0) is 17.1 Å². The molecule has 1 aromatic heterocycles. The summed E-state index contributed by atoms with van der Waals surface area (Å²) in [4.78, 5) is 11.0. The van der Waals surface area contributed by atoms with E-state index in [1.807, 2.05) is 13.2 Å². The molecule has 1 aromatic rings. The van der Waals surface area contributed by atoms with E-state index in [1.54, 1.807) is 11.8 Å². The number of aryl methyl sites for hydroxylation is 1. The maximum absolute atomic E-state index is 12.5. The van der Waals surface area contributed by atoms with Crippen LogP contribution in [0.4, 0.5) is 0 Å². The summed E-state index contributed by atoms with van der Waals surface area (Å²) in [5.74, 6) is -0.446. The Kier molecular flexibility index (Phi) is 5.67. The van der Waals surface area contributed by atoms with E-state index in [4.69, 9.17) is 5.11 Å². The van der Waals surface area contributed by atoms with Crippen LogP contribution in [0, 0.1) is 0 Å². The molecule has 6 nitrogen and oxygen atoms in total. The summed E-state index contributed by atoms with van der Waals surface area (Å²) < 4.78 is 27.6. The number of rotatable bonds is 7. The monoisotopic (exact) mass is 320 g/mol. The Morgan fingerprint density at radius 1 is 1.55 bits per heavy atom. The maximum Gasteiger partial charge on any atom is 0.352 e. The molecule has 0 aliphatic rings. The molecule has 1 unspecified atom stereocenters. The Morgan fingerprint density at radius 2 is 2.15 bits per heavy atom. The van der Waals surface area contributed by atoms with Crippen LogP contribution in [0.15, 0.2) is 17.2 Å². The molecule has 0 bridgehead atoms. The Bertz CT molecular complexity index is 580. The minimum Gasteiger partial charge on any atom is -0.477 e. The molecule has 114 valence electrons. The van der Waals surface area contributed by atoms with Crippen molar-refractivity contribution in [3.63, 3.8) is 0 Å². The second kappa shape index (κ2) is 6.64. The number of thioether (sulfide) groups is 1. The van der Waals surface area contributed by atoms with Crippen molar-refractivity contribution in [2.24, 2.45) is 7.05 Å². The van der Waals surface area contributed by atoms with Crippen LogP contribution in [0.1, 0.15) is 23.8 Å². The van der Waals surface area contributed by atoms with Crippen molar-refractivity contribution < 1.29 is 18.3 Å². The molecule has 8 heteroatoms. The van der Waals surface area contributed by atoms with E-state index < -0.39 is 16.0 Å². The number of sulfonamides is 1. The highest BCUT2D eigenvalue weighted by atomic mass is 32.2. The smallest absolute Gasteiger partial charge is 0.352 e. The molecule has 0 aromatic carbocycles. The van der Waals surface area contributed by atoms with Gasteiger partial charge in [-0.2, -0.15) is 16.1 Å². The minimum absolute atomic E-state index is 0.0134. The number of hydrogen-bond acceptors (Lipinski definition) is 4. The molecule has 1 rings (SSSR count). The normalized spacial score (nSPS) is 13.7. The maximum atomic E-state index is 12.5. The summed E-state index contributed by atoms with van der Waals surface area (Å²) in [5.41, 5.74) is -0.0464. The molecular weight excluding hydrogens is 300 g/mol. The number of aromatic carboxylic acids is 1. The molecule has 0 amide bonds. The van der Waals surface area contributed by atoms with Crippen LogP contribution in [0.25, 0.3) is 0 Å². The SMILES string of the molecule is CCC(CSC)N(C)S(=O)(=O)c1cc(C(=O)O)n(C)c1. The molecule has 0 saturated carbocycles. The fourth-order valence-electron chi connectivity index (χ4n) is 1.92. The van der Waals surface area contributed by atoms with Gasteiger partial charge in [-0.1, -0.05) is 6.92 Å². The van der Waals surface area contributed by atoms with Gasteiger partial charge in [0.25, 0.3) is 0 Å². The lowest BCUT2D eigenvalue weighted by Crippen LogP contribution is -2.38. The van der Waals surface area contributed by atoms with E-state index in [9.17, 15) is 13.2 Å². The first-order chi connectivity index (χ1) is 9.25. The number of carboxylic acids is 1. The minimum atomic E-state index is -3.67. The highest BCUT2D eigenvalue weighted by molar-refractivity contribution is 7.98. The second-order valence-electron chi connectivity index (χ2n) is 4.52. The first kappa shape index (κ1) is 17.1. The van der Waals surface area contributed by atoms with Crippen molar-refractivity contribution in [2.45, 2.75) is 24.3 Å². The average molecular weight is 320 g/mol. The quantitative estimate of drug-likeness (QED) is 0.823. The van der Waals surface area contributed by atoms with E-state index >= 15 is 0 Å². The summed E-state index contributed by atoms with van der Waals surface area (Å²) in [5, 5.41) is 8.99. The molecule has 0 spiro atoms. The third kappa shape index (κ3) is 3.36. The summed E-state index contributed by atoms with van der Waals surface area (Å²) in [6.45, 7) is 1.93. The highest BCUT2D eigenvalue weighted by Crippen LogP contribution is 2.21. The third-order valence-electron chi connectivity index (χ3n) is 3.22. The van der Waals surface area contributed by atoms with Gasteiger partial charge < -0.3 is 9.67 Å². The van der Waals surface area contributed by atoms with E-state index in [2.05, 4.69) is 0 Å². The molecule has 1 N–H and O–H groups in total. The predicted molar refractivity (Wildman–Crippen MR) is 79.8 cm³/mol. The van der Waals surface area contributed by atoms with E-state index in [-0.39, 0.29) is 16.6 Å². The molecule has 0 radical (unpaired) electrons. The molecule has 1 heterocycles. The van der Waals surface area contributed by atoms with Gasteiger partial charge in [-0.3, -0.25) is 0 Å². The summed E-state index contributed by atoms with van der Waals surface area (Å²) in [7, 11) is -0.621. The number of aromatic nitrogens is 1. The van der Waals surface area contributed by atoms with Crippen molar-refractivity contribution in [2.75, 3.05) is 19.1 Å². The van der Waals surface area contributed by atoms with Gasteiger partial charge in [0.05, 0.1) is 0 Å². The molecule has 1 atom stereocenters. The largest absolute Gasteiger partial charge is 0.477 e.